The van der Waals surface area contributed by atoms with E-state index in [1.54, 1.807) is 70.1 Å². The van der Waals surface area contributed by atoms with Crippen molar-refractivity contribution in [1.29, 1.82) is 0 Å². The lowest BCUT2D eigenvalue weighted by atomic mass is 10.0. The summed E-state index contributed by atoms with van der Waals surface area (Å²) in [5.74, 6) is -0.715. The molecule has 0 unspecified atom stereocenters. The van der Waals surface area contributed by atoms with Crippen molar-refractivity contribution in [3.05, 3.63) is 101 Å². The molecule has 0 aliphatic heterocycles. The maximum absolute atomic E-state index is 13.1. The lowest BCUT2D eigenvalue weighted by molar-refractivity contribution is 0.102. The molecular weight excluding hydrogens is 452 g/mol. The van der Waals surface area contributed by atoms with Gasteiger partial charge in [0.25, 0.3) is 5.91 Å². The van der Waals surface area contributed by atoms with E-state index in [0.29, 0.717) is 27.5 Å². The number of amides is 1. The molecule has 1 N–H and O–H groups in total. The van der Waals surface area contributed by atoms with E-state index in [2.05, 4.69) is 20.5 Å². The van der Waals surface area contributed by atoms with E-state index in [9.17, 15) is 9.59 Å². The highest BCUT2D eigenvalue weighted by molar-refractivity contribution is 6.31. The topological polar surface area (TPSA) is 94.2 Å². The fourth-order valence-corrected chi connectivity index (χ4v) is 3.88. The second-order valence-electron chi connectivity index (χ2n) is 7.74. The number of nitrogens with zero attached hydrogens (tertiary/aromatic N) is 5. The number of hydrogen-bond donors (Lipinski definition) is 1. The molecule has 3 aromatic heterocycles. The first kappa shape index (κ1) is 21.5. The van der Waals surface area contributed by atoms with Crippen LogP contribution < -0.4 is 5.32 Å². The lowest BCUT2D eigenvalue weighted by Gasteiger charge is -2.10. The van der Waals surface area contributed by atoms with Crippen LogP contribution in [0.4, 0.5) is 5.69 Å². The third-order valence-corrected chi connectivity index (χ3v) is 5.85. The van der Waals surface area contributed by atoms with Crippen molar-refractivity contribution in [1.82, 2.24) is 24.4 Å². The SMILES string of the molecule is Cc1c(-c2ccnc3cc(C(=O)Nc4ccc(Cl)cc4C(=O)c4ccccc4)nn23)cnn1C. The maximum atomic E-state index is 13.1. The summed E-state index contributed by atoms with van der Waals surface area (Å²) in [6.45, 7) is 1.96. The van der Waals surface area contributed by atoms with Gasteiger partial charge in [-0.3, -0.25) is 14.3 Å². The number of aromatic nitrogens is 5. The average Bonchev–Trinajstić information content (AvgIpc) is 3.44. The first-order valence-corrected chi connectivity index (χ1v) is 10.8. The summed E-state index contributed by atoms with van der Waals surface area (Å²) in [7, 11) is 1.86. The Kier molecular flexibility index (Phi) is 5.43. The Balaban J connectivity index is 1.50. The summed E-state index contributed by atoms with van der Waals surface area (Å²) in [5.41, 5.74) is 4.42. The lowest BCUT2D eigenvalue weighted by Crippen LogP contribution is -2.16. The van der Waals surface area contributed by atoms with Crippen LogP contribution in [0.1, 0.15) is 32.1 Å². The number of carbonyl (C=O) groups is 2. The van der Waals surface area contributed by atoms with E-state index in [0.717, 1.165) is 17.0 Å². The molecule has 5 rings (SSSR count). The van der Waals surface area contributed by atoms with Crippen molar-refractivity contribution in [2.45, 2.75) is 6.92 Å². The van der Waals surface area contributed by atoms with Crippen LogP contribution in [0.3, 0.4) is 0 Å². The average molecular weight is 471 g/mol. The van der Waals surface area contributed by atoms with Crippen LogP contribution in [0, 0.1) is 6.92 Å². The van der Waals surface area contributed by atoms with Gasteiger partial charge in [0, 0.05) is 46.7 Å². The van der Waals surface area contributed by atoms with Crippen LogP contribution in [0.5, 0.6) is 0 Å². The number of rotatable bonds is 5. The number of aryl methyl sites for hydroxylation is 1. The van der Waals surface area contributed by atoms with Gasteiger partial charge in [0.05, 0.1) is 17.6 Å². The van der Waals surface area contributed by atoms with Crippen molar-refractivity contribution in [3.8, 4) is 11.3 Å². The summed E-state index contributed by atoms with van der Waals surface area (Å²) in [6.07, 6.45) is 3.41. The second-order valence-corrected chi connectivity index (χ2v) is 8.17. The minimum Gasteiger partial charge on any atom is -0.320 e. The van der Waals surface area contributed by atoms with Crippen molar-refractivity contribution < 1.29 is 9.59 Å². The fourth-order valence-electron chi connectivity index (χ4n) is 3.71. The Bertz CT molecular complexity index is 1550. The zero-order valence-electron chi connectivity index (χ0n) is 18.4. The first-order chi connectivity index (χ1) is 16.4. The third-order valence-electron chi connectivity index (χ3n) is 5.61. The van der Waals surface area contributed by atoms with E-state index >= 15 is 0 Å². The van der Waals surface area contributed by atoms with Gasteiger partial charge in [-0.15, -0.1) is 0 Å². The van der Waals surface area contributed by atoms with Crippen LogP contribution in [-0.4, -0.2) is 36.1 Å². The summed E-state index contributed by atoms with van der Waals surface area (Å²) in [6, 6.07) is 17.0. The van der Waals surface area contributed by atoms with Gasteiger partial charge in [-0.1, -0.05) is 41.9 Å². The minimum atomic E-state index is -0.469. The molecule has 0 saturated heterocycles. The zero-order chi connectivity index (χ0) is 23.8. The van der Waals surface area contributed by atoms with Crippen LogP contribution >= 0.6 is 11.6 Å². The van der Waals surface area contributed by atoms with Crippen molar-refractivity contribution in [3.63, 3.8) is 0 Å². The van der Waals surface area contributed by atoms with Gasteiger partial charge in [-0.2, -0.15) is 10.2 Å². The van der Waals surface area contributed by atoms with Crippen molar-refractivity contribution in [2.75, 3.05) is 5.32 Å². The Morgan fingerprint density at radius 1 is 1.03 bits per heavy atom. The molecule has 0 aliphatic carbocycles. The van der Waals surface area contributed by atoms with Gasteiger partial charge >= 0.3 is 0 Å². The highest BCUT2D eigenvalue weighted by Gasteiger charge is 2.20. The molecule has 34 heavy (non-hydrogen) atoms. The Morgan fingerprint density at radius 2 is 1.82 bits per heavy atom. The molecule has 3 heterocycles. The normalized spacial score (nSPS) is 11.0. The quantitative estimate of drug-likeness (QED) is 0.379. The molecule has 0 atom stereocenters. The highest BCUT2D eigenvalue weighted by Crippen LogP contribution is 2.26. The van der Waals surface area contributed by atoms with E-state index in [4.69, 9.17) is 11.6 Å². The maximum Gasteiger partial charge on any atom is 0.276 e. The zero-order valence-corrected chi connectivity index (χ0v) is 19.1. The highest BCUT2D eigenvalue weighted by atomic mass is 35.5. The van der Waals surface area contributed by atoms with Gasteiger partial charge in [-0.25, -0.2) is 9.50 Å². The predicted molar refractivity (Wildman–Crippen MR) is 129 cm³/mol. The fraction of sp³-hybridized carbons (Fsp3) is 0.0800. The number of ketones is 1. The number of fused-ring (bicyclic) bond motifs is 1. The number of benzene rings is 2. The van der Waals surface area contributed by atoms with E-state index in [-0.39, 0.29) is 11.5 Å². The molecular formula is C25H19ClN6O2. The molecule has 0 fully saturated rings. The molecule has 168 valence electrons. The minimum absolute atomic E-state index is 0.162. The summed E-state index contributed by atoms with van der Waals surface area (Å²) in [5, 5.41) is 12.0. The van der Waals surface area contributed by atoms with Gasteiger partial charge in [0.15, 0.2) is 17.1 Å². The largest absolute Gasteiger partial charge is 0.320 e. The smallest absolute Gasteiger partial charge is 0.276 e. The van der Waals surface area contributed by atoms with Crippen LogP contribution in [-0.2, 0) is 7.05 Å². The van der Waals surface area contributed by atoms with E-state index in [1.165, 1.54) is 0 Å². The molecule has 9 heteroatoms. The first-order valence-electron chi connectivity index (χ1n) is 10.5. The number of carbonyl (C=O) groups excluding carboxylic acids is 2. The van der Waals surface area contributed by atoms with Crippen LogP contribution in [0.2, 0.25) is 5.02 Å². The summed E-state index contributed by atoms with van der Waals surface area (Å²) >= 11 is 6.15. The monoisotopic (exact) mass is 470 g/mol. The molecule has 5 aromatic rings. The van der Waals surface area contributed by atoms with Gasteiger partial charge in [0.1, 0.15) is 0 Å². The van der Waals surface area contributed by atoms with Gasteiger partial charge in [-0.05, 0) is 31.2 Å². The second kappa shape index (κ2) is 8.57. The summed E-state index contributed by atoms with van der Waals surface area (Å²) in [4.78, 5) is 30.5. The molecule has 0 aliphatic rings. The third kappa shape index (κ3) is 3.84. The molecule has 2 aromatic carbocycles. The number of anilines is 1. The number of nitrogens with one attached hydrogen (secondary N) is 1. The van der Waals surface area contributed by atoms with Crippen LogP contribution in [0.15, 0.2) is 73.1 Å². The summed E-state index contributed by atoms with van der Waals surface area (Å²) < 4.78 is 3.38. The van der Waals surface area contributed by atoms with Crippen molar-refractivity contribution >= 4 is 34.6 Å². The van der Waals surface area contributed by atoms with E-state index < -0.39 is 5.91 Å². The molecule has 0 bridgehead atoms. The number of hydrogen-bond acceptors (Lipinski definition) is 5. The Hall–Kier alpha value is -4.30. The molecule has 0 saturated carbocycles. The standard InChI is InChI=1S/C25H19ClN6O2/c1-15-19(14-28-31(15)2)22-10-11-27-23-13-21(30-32(22)23)25(34)29-20-9-8-17(26)12-18(20)24(33)16-6-4-3-5-7-16/h3-14H,1-2H3,(H,29,34). The molecule has 0 radical (unpaired) electrons. The Labute approximate surface area is 199 Å². The van der Waals surface area contributed by atoms with Gasteiger partial charge < -0.3 is 5.32 Å². The van der Waals surface area contributed by atoms with E-state index in [1.807, 2.05) is 26.1 Å². The van der Waals surface area contributed by atoms with Gasteiger partial charge in [0.2, 0.25) is 0 Å². The molecule has 0 spiro atoms. The van der Waals surface area contributed by atoms with Crippen LogP contribution in [0.25, 0.3) is 16.9 Å². The number of halogens is 1. The molecule has 8 nitrogen and oxygen atoms in total. The van der Waals surface area contributed by atoms with Crippen molar-refractivity contribution in [2.24, 2.45) is 7.05 Å². The predicted octanol–water partition coefficient (Wildman–Crippen LogP) is 4.57. The molecule has 1 amide bonds. The Morgan fingerprint density at radius 3 is 2.56 bits per heavy atom.